The van der Waals surface area contributed by atoms with Gasteiger partial charge in [0, 0.05) is 49.0 Å². The van der Waals surface area contributed by atoms with E-state index in [2.05, 4.69) is 27.1 Å². The normalized spacial score (nSPS) is 15.1. The Balaban J connectivity index is 1.57. The van der Waals surface area contributed by atoms with E-state index >= 15 is 0 Å². The molecule has 7 heteroatoms. The highest BCUT2D eigenvalue weighted by atomic mass is 35.5. The van der Waals surface area contributed by atoms with Crippen LogP contribution in [0.25, 0.3) is 0 Å². The maximum absolute atomic E-state index is 12.4. The highest BCUT2D eigenvalue weighted by Crippen LogP contribution is 2.21. The molecular formula is C19H22Cl2N4O. The third kappa shape index (κ3) is 4.87. The zero-order valence-electron chi connectivity index (χ0n) is 14.7. The van der Waals surface area contributed by atoms with Gasteiger partial charge in [-0.3, -0.25) is 9.78 Å². The molecule has 3 rings (SSSR count). The Morgan fingerprint density at radius 1 is 1.15 bits per heavy atom. The molecule has 26 heavy (non-hydrogen) atoms. The predicted octanol–water partition coefficient (Wildman–Crippen LogP) is 3.11. The van der Waals surface area contributed by atoms with Crippen LogP contribution in [0, 0.1) is 0 Å². The zero-order valence-corrected chi connectivity index (χ0v) is 16.2. The first-order valence-corrected chi connectivity index (χ1v) is 9.39. The Morgan fingerprint density at radius 3 is 2.65 bits per heavy atom. The third-order valence-corrected chi connectivity index (χ3v) is 5.14. The van der Waals surface area contributed by atoms with Gasteiger partial charge in [-0.15, -0.1) is 0 Å². The third-order valence-electron chi connectivity index (χ3n) is 4.55. The Hall–Kier alpha value is -1.82. The molecule has 1 aromatic heterocycles. The lowest BCUT2D eigenvalue weighted by atomic mass is 10.1. The van der Waals surface area contributed by atoms with Crippen molar-refractivity contribution in [3.8, 4) is 0 Å². The summed E-state index contributed by atoms with van der Waals surface area (Å²) in [6.45, 7) is 4.41. The summed E-state index contributed by atoms with van der Waals surface area (Å²) in [5, 5.41) is 4.15. The minimum atomic E-state index is -0.126. The van der Waals surface area contributed by atoms with Crippen LogP contribution in [0.5, 0.6) is 0 Å². The number of nitrogens with zero attached hydrogens (tertiary/aromatic N) is 3. The number of amides is 1. The summed E-state index contributed by atoms with van der Waals surface area (Å²) in [6, 6.07) is 7.30. The van der Waals surface area contributed by atoms with Gasteiger partial charge in [0.15, 0.2) is 0 Å². The van der Waals surface area contributed by atoms with Gasteiger partial charge in [-0.2, -0.15) is 0 Å². The molecule has 0 bridgehead atoms. The molecule has 0 unspecified atom stereocenters. The van der Waals surface area contributed by atoms with Gasteiger partial charge in [0.05, 0.1) is 17.4 Å². The van der Waals surface area contributed by atoms with Gasteiger partial charge >= 0.3 is 0 Å². The van der Waals surface area contributed by atoms with Crippen molar-refractivity contribution in [2.24, 2.45) is 0 Å². The average Bonchev–Trinajstić information content (AvgIpc) is 2.64. The Bertz CT molecular complexity index is 776. The summed E-state index contributed by atoms with van der Waals surface area (Å²) in [5.41, 5.74) is 2.52. The number of hydrogen-bond donors (Lipinski definition) is 1. The molecule has 1 aliphatic rings. The second kappa shape index (κ2) is 8.71. The first-order valence-electron chi connectivity index (χ1n) is 8.63. The first-order chi connectivity index (χ1) is 12.5. The molecule has 0 spiro atoms. The van der Waals surface area contributed by atoms with Crippen LogP contribution in [0.15, 0.2) is 36.7 Å². The average molecular weight is 393 g/mol. The van der Waals surface area contributed by atoms with Crippen molar-refractivity contribution in [1.82, 2.24) is 15.2 Å². The molecule has 1 saturated heterocycles. The number of anilines is 1. The summed E-state index contributed by atoms with van der Waals surface area (Å²) in [7, 11) is 2.12. The van der Waals surface area contributed by atoms with E-state index in [9.17, 15) is 4.79 Å². The minimum Gasteiger partial charge on any atom is -0.368 e. The molecule has 0 atom stereocenters. The van der Waals surface area contributed by atoms with Gasteiger partial charge in [-0.1, -0.05) is 29.3 Å². The summed E-state index contributed by atoms with van der Waals surface area (Å²) < 4.78 is 0. The summed E-state index contributed by atoms with van der Waals surface area (Å²) in [6.07, 6.45) is 4.06. The molecule has 1 amide bonds. The monoisotopic (exact) mass is 392 g/mol. The number of aromatic nitrogens is 1. The lowest BCUT2D eigenvalue weighted by Gasteiger charge is -2.33. The molecule has 1 N–H and O–H groups in total. The molecule has 2 aromatic rings. The Morgan fingerprint density at radius 2 is 1.92 bits per heavy atom. The van der Waals surface area contributed by atoms with Crippen LogP contribution in [0.1, 0.15) is 15.9 Å². The van der Waals surface area contributed by atoms with E-state index in [1.54, 1.807) is 18.3 Å². The number of carbonyl (C=O) groups is 1. The number of benzene rings is 1. The second-order valence-electron chi connectivity index (χ2n) is 6.46. The van der Waals surface area contributed by atoms with Gasteiger partial charge in [-0.25, -0.2) is 0 Å². The maximum Gasteiger partial charge on any atom is 0.252 e. The molecule has 1 aliphatic heterocycles. The molecule has 1 aromatic carbocycles. The van der Waals surface area contributed by atoms with Gasteiger partial charge < -0.3 is 15.1 Å². The van der Waals surface area contributed by atoms with Crippen molar-refractivity contribution in [3.63, 3.8) is 0 Å². The van der Waals surface area contributed by atoms with Crippen LogP contribution in [0.4, 0.5) is 5.69 Å². The number of hydrogen-bond acceptors (Lipinski definition) is 4. The van der Waals surface area contributed by atoms with Gasteiger partial charge in [0.25, 0.3) is 5.91 Å². The second-order valence-corrected chi connectivity index (χ2v) is 7.31. The van der Waals surface area contributed by atoms with E-state index in [-0.39, 0.29) is 5.91 Å². The van der Waals surface area contributed by atoms with E-state index in [0.29, 0.717) is 28.6 Å². The van der Waals surface area contributed by atoms with Gasteiger partial charge in [0.2, 0.25) is 0 Å². The Kier molecular flexibility index (Phi) is 6.35. The largest absolute Gasteiger partial charge is 0.368 e. The van der Waals surface area contributed by atoms with E-state index in [4.69, 9.17) is 23.2 Å². The number of likely N-dealkylation sites (N-methyl/N-ethyl adjacent to an activating group) is 1. The van der Waals surface area contributed by atoms with Crippen molar-refractivity contribution < 1.29 is 4.79 Å². The van der Waals surface area contributed by atoms with Crippen molar-refractivity contribution in [1.29, 1.82) is 0 Å². The van der Waals surface area contributed by atoms with Crippen LogP contribution in [0.3, 0.4) is 0 Å². The molecule has 2 heterocycles. The van der Waals surface area contributed by atoms with Crippen molar-refractivity contribution in [2.75, 3.05) is 44.7 Å². The quantitative estimate of drug-likeness (QED) is 0.848. The number of nitrogens with one attached hydrogen (secondary N) is 1. The van der Waals surface area contributed by atoms with Crippen LogP contribution in [0.2, 0.25) is 10.0 Å². The van der Waals surface area contributed by atoms with Crippen LogP contribution in [-0.2, 0) is 6.42 Å². The molecule has 5 nitrogen and oxygen atoms in total. The molecule has 0 radical (unpaired) electrons. The maximum atomic E-state index is 12.4. The minimum absolute atomic E-state index is 0.126. The number of halogens is 2. The summed E-state index contributed by atoms with van der Waals surface area (Å²) in [5.74, 6) is -0.126. The molecule has 0 aliphatic carbocycles. The smallest absolute Gasteiger partial charge is 0.252 e. The van der Waals surface area contributed by atoms with E-state index in [1.807, 2.05) is 18.3 Å². The predicted molar refractivity (Wildman–Crippen MR) is 106 cm³/mol. The van der Waals surface area contributed by atoms with E-state index in [0.717, 1.165) is 37.4 Å². The number of piperazine rings is 1. The highest BCUT2D eigenvalue weighted by Gasteiger charge is 2.16. The number of pyridine rings is 1. The fourth-order valence-corrected chi connectivity index (χ4v) is 3.43. The SMILES string of the molecule is CN1CCN(c2cncc(C(=O)NCCc3ccc(Cl)cc3Cl)c2)CC1. The fourth-order valence-electron chi connectivity index (χ4n) is 2.93. The molecule has 1 fully saturated rings. The van der Waals surface area contributed by atoms with E-state index in [1.165, 1.54) is 0 Å². The molecular weight excluding hydrogens is 371 g/mol. The lowest BCUT2D eigenvalue weighted by Crippen LogP contribution is -2.44. The summed E-state index contributed by atoms with van der Waals surface area (Å²) >= 11 is 12.1. The Labute approximate surface area is 163 Å². The van der Waals surface area contributed by atoms with Crippen LogP contribution < -0.4 is 10.2 Å². The fraction of sp³-hybridized carbons (Fsp3) is 0.368. The number of carbonyl (C=O) groups excluding carboxylic acids is 1. The van der Waals surface area contributed by atoms with Crippen molar-refractivity contribution in [2.45, 2.75) is 6.42 Å². The topological polar surface area (TPSA) is 48.5 Å². The summed E-state index contributed by atoms with van der Waals surface area (Å²) in [4.78, 5) is 21.2. The number of rotatable bonds is 5. The van der Waals surface area contributed by atoms with Crippen molar-refractivity contribution in [3.05, 3.63) is 57.8 Å². The lowest BCUT2D eigenvalue weighted by molar-refractivity contribution is 0.0954. The molecule has 138 valence electrons. The van der Waals surface area contributed by atoms with E-state index < -0.39 is 0 Å². The van der Waals surface area contributed by atoms with Gasteiger partial charge in [-0.05, 0) is 37.2 Å². The van der Waals surface area contributed by atoms with Crippen LogP contribution in [-0.4, -0.2) is 55.6 Å². The van der Waals surface area contributed by atoms with Crippen LogP contribution >= 0.6 is 23.2 Å². The first kappa shape index (κ1) is 19.0. The molecule has 0 saturated carbocycles. The van der Waals surface area contributed by atoms with Gasteiger partial charge in [0.1, 0.15) is 0 Å². The zero-order chi connectivity index (χ0) is 18.5. The standard InChI is InChI=1S/C19H22Cl2N4O/c1-24-6-8-25(9-7-24)17-10-15(12-22-13-17)19(26)23-5-4-14-2-3-16(20)11-18(14)21/h2-3,10-13H,4-9H2,1H3,(H,23,26). The van der Waals surface area contributed by atoms with Crippen molar-refractivity contribution >= 4 is 34.8 Å². The highest BCUT2D eigenvalue weighted by molar-refractivity contribution is 6.35.